The molecule has 0 aromatic heterocycles. The number of hydrogen-bond acceptors (Lipinski definition) is 12. The number of fused-ring (bicyclic) bond motifs is 2. The maximum atomic E-state index is 11.5. The van der Waals surface area contributed by atoms with Crippen LogP contribution in [0.2, 0.25) is 0 Å². The number of aliphatic hydroxyl groups is 2. The van der Waals surface area contributed by atoms with Crippen molar-refractivity contribution < 1.29 is 60.5 Å². The number of aromatic hydroxyl groups is 8. The minimum absolute atomic E-state index is 0.0258. The van der Waals surface area contributed by atoms with E-state index in [-0.39, 0.29) is 62.8 Å². The Bertz CT molecular complexity index is 1790. The first kappa shape index (κ1) is 26.6. The van der Waals surface area contributed by atoms with E-state index in [9.17, 15) is 51.1 Å². The molecule has 4 aromatic carbocycles. The maximum absolute atomic E-state index is 11.5. The molecule has 2 heterocycles. The van der Waals surface area contributed by atoms with E-state index >= 15 is 0 Å². The van der Waals surface area contributed by atoms with Crippen LogP contribution in [0, 0.1) is 0 Å². The number of aliphatic hydroxyl groups excluding tert-OH is 2. The highest BCUT2D eigenvalue weighted by Crippen LogP contribution is 2.55. The van der Waals surface area contributed by atoms with Gasteiger partial charge in [0.25, 0.3) is 0 Å². The molecule has 0 amide bonds. The smallest absolute Gasteiger partial charge is 0.181 e. The quantitative estimate of drug-likeness (QED) is 0.124. The van der Waals surface area contributed by atoms with Crippen LogP contribution in [0.25, 0.3) is 5.57 Å². The summed E-state index contributed by atoms with van der Waals surface area (Å²) >= 11 is 0. The molecule has 2 aliphatic heterocycles. The van der Waals surface area contributed by atoms with E-state index < -0.39 is 58.6 Å². The van der Waals surface area contributed by atoms with Gasteiger partial charge >= 0.3 is 0 Å². The Labute approximate surface area is 236 Å². The minimum atomic E-state index is -1.36. The summed E-state index contributed by atoms with van der Waals surface area (Å²) in [7, 11) is 0. The molecule has 0 radical (unpaired) electrons. The monoisotopic (exact) mass is 576 g/mol. The van der Waals surface area contributed by atoms with E-state index in [1.807, 2.05) is 0 Å². The molecule has 0 saturated carbocycles. The van der Waals surface area contributed by atoms with E-state index in [1.54, 1.807) is 0 Å². The average molecular weight is 577 g/mol. The van der Waals surface area contributed by atoms with E-state index in [0.29, 0.717) is 0 Å². The zero-order valence-corrected chi connectivity index (χ0v) is 21.4. The summed E-state index contributed by atoms with van der Waals surface area (Å²) in [6.45, 7) is 0. The SMILES string of the molecule is OC1=C(c2cc(O)c3c(c2O)C[C@@H](O)[C@H](c2ccc(O)c(O)c2)O3)c2c(O)cc(O)cc2O[C@@H]1c1ccc(O)c(O)c1. The van der Waals surface area contributed by atoms with Gasteiger partial charge < -0.3 is 60.5 Å². The van der Waals surface area contributed by atoms with Crippen molar-refractivity contribution in [3.05, 3.63) is 88.2 Å². The third-order valence-corrected chi connectivity index (χ3v) is 7.30. The Morgan fingerprint density at radius 2 is 1.26 bits per heavy atom. The van der Waals surface area contributed by atoms with E-state index in [4.69, 9.17) is 9.47 Å². The summed E-state index contributed by atoms with van der Waals surface area (Å²) in [6.07, 6.45) is -3.98. The Hall–Kier alpha value is -5.62. The number of hydrogen-bond donors (Lipinski definition) is 10. The van der Waals surface area contributed by atoms with Crippen LogP contribution in [-0.2, 0) is 6.42 Å². The molecule has 0 saturated heterocycles. The van der Waals surface area contributed by atoms with Crippen LogP contribution < -0.4 is 9.47 Å². The lowest BCUT2D eigenvalue weighted by Gasteiger charge is -2.33. The highest BCUT2D eigenvalue weighted by atomic mass is 16.5. The normalized spacial score (nSPS) is 19.4. The summed E-state index contributed by atoms with van der Waals surface area (Å²) in [4.78, 5) is 0. The lowest BCUT2D eigenvalue weighted by atomic mass is 9.86. The lowest BCUT2D eigenvalue weighted by Crippen LogP contribution is -2.30. The fraction of sp³-hybridized carbons (Fsp3) is 0.133. The van der Waals surface area contributed by atoms with Gasteiger partial charge in [-0.3, -0.25) is 0 Å². The van der Waals surface area contributed by atoms with Crippen LogP contribution in [-0.4, -0.2) is 57.2 Å². The van der Waals surface area contributed by atoms with Crippen molar-refractivity contribution in [2.45, 2.75) is 24.7 Å². The Balaban J connectivity index is 1.52. The highest BCUT2D eigenvalue weighted by Gasteiger charge is 2.39. The maximum Gasteiger partial charge on any atom is 0.181 e. The number of benzene rings is 4. The van der Waals surface area contributed by atoms with Crippen LogP contribution >= 0.6 is 0 Å². The van der Waals surface area contributed by atoms with Crippen molar-refractivity contribution in [3.63, 3.8) is 0 Å². The predicted octanol–water partition coefficient (Wildman–Crippen LogP) is 3.82. The molecule has 0 spiro atoms. The van der Waals surface area contributed by atoms with Crippen LogP contribution in [0.3, 0.4) is 0 Å². The first-order valence-electron chi connectivity index (χ1n) is 12.6. The second-order valence-corrected chi connectivity index (χ2v) is 10.0. The van der Waals surface area contributed by atoms with Gasteiger partial charge in [0, 0.05) is 40.8 Å². The molecule has 2 aliphatic rings. The molecule has 0 bridgehead atoms. The molecule has 216 valence electrons. The van der Waals surface area contributed by atoms with Gasteiger partial charge in [0.1, 0.15) is 28.8 Å². The van der Waals surface area contributed by atoms with Crippen molar-refractivity contribution in [3.8, 4) is 57.5 Å². The lowest BCUT2D eigenvalue weighted by molar-refractivity contribution is 0.0180. The van der Waals surface area contributed by atoms with Gasteiger partial charge in [0.15, 0.2) is 46.7 Å². The molecular weight excluding hydrogens is 552 g/mol. The third kappa shape index (κ3) is 4.12. The Morgan fingerprint density at radius 3 is 1.93 bits per heavy atom. The largest absolute Gasteiger partial charge is 0.508 e. The molecule has 42 heavy (non-hydrogen) atoms. The fourth-order valence-corrected chi connectivity index (χ4v) is 5.31. The second kappa shape index (κ2) is 9.49. The number of phenols is 8. The van der Waals surface area contributed by atoms with Gasteiger partial charge in [0.2, 0.25) is 0 Å². The van der Waals surface area contributed by atoms with Crippen LogP contribution in [0.1, 0.15) is 40.0 Å². The molecule has 6 rings (SSSR count). The van der Waals surface area contributed by atoms with Gasteiger partial charge in [-0.1, -0.05) is 12.1 Å². The molecule has 10 N–H and O–H groups in total. The number of ether oxygens (including phenoxy) is 2. The predicted molar refractivity (Wildman–Crippen MR) is 144 cm³/mol. The highest BCUT2D eigenvalue weighted by molar-refractivity contribution is 5.92. The zero-order chi connectivity index (χ0) is 30.0. The molecule has 12 heteroatoms. The number of phenolic OH excluding ortho intramolecular Hbond substituents is 8. The van der Waals surface area contributed by atoms with Gasteiger partial charge in [-0.15, -0.1) is 0 Å². The van der Waals surface area contributed by atoms with Crippen molar-refractivity contribution in [1.82, 2.24) is 0 Å². The summed E-state index contributed by atoms with van der Waals surface area (Å²) in [5, 5.41) is 105. The fourth-order valence-electron chi connectivity index (χ4n) is 5.31. The summed E-state index contributed by atoms with van der Waals surface area (Å²) < 4.78 is 11.7. The first-order chi connectivity index (χ1) is 19.9. The van der Waals surface area contributed by atoms with Crippen molar-refractivity contribution in [1.29, 1.82) is 0 Å². The Morgan fingerprint density at radius 1 is 0.619 bits per heavy atom. The van der Waals surface area contributed by atoms with Crippen molar-refractivity contribution in [2.24, 2.45) is 0 Å². The molecule has 3 atom stereocenters. The van der Waals surface area contributed by atoms with Gasteiger partial charge in [0.05, 0.1) is 11.7 Å². The molecule has 0 unspecified atom stereocenters. The topological polar surface area (TPSA) is 221 Å². The molecule has 0 fully saturated rings. The van der Waals surface area contributed by atoms with Crippen LogP contribution in [0.5, 0.6) is 57.5 Å². The molecule has 12 nitrogen and oxygen atoms in total. The van der Waals surface area contributed by atoms with Crippen LogP contribution in [0.4, 0.5) is 0 Å². The van der Waals surface area contributed by atoms with E-state index in [2.05, 4.69) is 0 Å². The Kier molecular flexibility index (Phi) is 6.01. The van der Waals surface area contributed by atoms with E-state index in [1.165, 1.54) is 30.3 Å². The molecule has 0 aliphatic carbocycles. The standard InChI is InChI=1S/C30H24O12/c31-13-7-20(36)25-23(8-13)41-29(12-2-4-17(33)19(35)6-12)27(40)24(25)14-9-22(38)30-15(26(14)39)10-21(37)28(42-30)11-1-3-16(32)18(34)5-11/h1-9,21,28-29,31-40H,10H2/t21-,28+,29-/m1/s1. The minimum Gasteiger partial charge on any atom is -0.508 e. The van der Waals surface area contributed by atoms with Crippen molar-refractivity contribution >= 4 is 5.57 Å². The summed E-state index contributed by atoms with van der Waals surface area (Å²) in [6, 6.07) is 10.7. The summed E-state index contributed by atoms with van der Waals surface area (Å²) in [5.74, 6) is -4.52. The van der Waals surface area contributed by atoms with Crippen molar-refractivity contribution in [2.75, 3.05) is 0 Å². The van der Waals surface area contributed by atoms with Gasteiger partial charge in [-0.2, -0.15) is 0 Å². The zero-order valence-electron chi connectivity index (χ0n) is 21.4. The van der Waals surface area contributed by atoms with Crippen LogP contribution in [0.15, 0.2) is 60.4 Å². The van der Waals surface area contributed by atoms with Gasteiger partial charge in [-0.05, 0) is 35.9 Å². The number of rotatable bonds is 3. The molecular formula is C30H24O12. The first-order valence-corrected chi connectivity index (χ1v) is 12.6. The molecule has 4 aromatic rings. The van der Waals surface area contributed by atoms with Gasteiger partial charge in [-0.25, -0.2) is 0 Å². The summed E-state index contributed by atoms with van der Waals surface area (Å²) in [5.41, 5.74) is -0.0824. The second-order valence-electron chi connectivity index (χ2n) is 10.0. The van der Waals surface area contributed by atoms with E-state index in [0.717, 1.165) is 24.3 Å². The third-order valence-electron chi connectivity index (χ3n) is 7.30. The average Bonchev–Trinajstić information content (AvgIpc) is 2.94.